The molecular formula is C14H9O4. The number of hydrogen-bond donors (Lipinski definition) is 0. The first-order valence-electron chi connectivity index (χ1n) is 5.54. The summed E-state index contributed by atoms with van der Waals surface area (Å²) in [5, 5.41) is 1.60. The predicted molar refractivity (Wildman–Crippen MR) is 63.3 cm³/mol. The van der Waals surface area contributed by atoms with Crippen molar-refractivity contribution in [3.05, 3.63) is 47.5 Å². The molecule has 0 fully saturated rings. The molecule has 0 aliphatic carbocycles. The lowest BCUT2D eigenvalue weighted by Gasteiger charge is -2.10. The van der Waals surface area contributed by atoms with Crippen molar-refractivity contribution in [3.63, 3.8) is 0 Å². The third-order valence-corrected chi connectivity index (χ3v) is 2.76. The van der Waals surface area contributed by atoms with Crippen molar-refractivity contribution in [2.24, 2.45) is 0 Å². The summed E-state index contributed by atoms with van der Waals surface area (Å²) < 4.78 is 9.95. The van der Waals surface area contributed by atoms with Gasteiger partial charge in [-0.1, -0.05) is 12.1 Å². The van der Waals surface area contributed by atoms with E-state index in [0.717, 1.165) is 10.8 Å². The van der Waals surface area contributed by atoms with Crippen molar-refractivity contribution in [1.29, 1.82) is 0 Å². The summed E-state index contributed by atoms with van der Waals surface area (Å²) in [6, 6.07) is 11.5. The summed E-state index contributed by atoms with van der Waals surface area (Å²) in [4.78, 5) is 23.4. The SMILES string of the molecule is O=C1OCCOC(=O)c2ccc3[c]c1ccc3c2. The van der Waals surface area contributed by atoms with E-state index in [2.05, 4.69) is 6.07 Å². The fourth-order valence-corrected chi connectivity index (χ4v) is 1.85. The fraction of sp³-hybridized carbons (Fsp3) is 0.143. The number of esters is 2. The molecule has 2 aromatic carbocycles. The second-order valence-electron chi connectivity index (χ2n) is 3.95. The first-order valence-corrected chi connectivity index (χ1v) is 5.54. The normalized spacial score (nSPS) is 15.3. The number of fused-ring (bicyclic) bond motifs is 2. The monoisotopic (exact) mass is 241 g/mol. The highest BCUT2D eigenvalue weighted by Gasteiger charge is 2.13. The standard InChI is InChI=1S/C14H9O4/c15-13-11-3-1-9-7-12(4-2-10(9)8-11)14(16)18-6-5-17-13/h1-4,7H,5-6H2. The highest BCUT2D eigenvalue weighted by molar-refractivity contribution is 5.98. The highest BCUT2D eigenvalue weighted by Crippen LogP contribution is 2.19. The van der Waals surface area contributed by atoms with Crippen molar-refractivity contribution in [2.45, 2.75) is 0 Å². The van der Waals surface area contributed by atoms with E-state index in [1.807, 2.05) is 0 Å². The molecule has 0 N–H and O–H groups in total. The Hall–Kier alpha value is -2.36. The molecular weight excluding hydrogens is 232 g/mol. The molecule has 0 saturated heterocycles. The lowest BCUT2D eigenvalue weighted by atomic mass is 10.0. The molecule has 3 aliphatic rings. The second-order valence-corrected chi connectivity index (χ2v) is 3.95. The molecule has 2 aromatic rings. The molecule has 0 aromatic heterocycles. The van der Waals surface area contributed by atoms with Crippen LogP contribution in [0.1, 0.15) is 20.7 Å². The Balaban J connectivity index is 2.20. The van der Waals surface area contributed by atoms with Gasteiger partial charge in [0.25, 0.3) is 0 Å². The third kappa shape index (κ3) is 1.82. The number of carbonyl (C=O) groups is 2. The number of rotatable bonds is 0. The van der Waals surface area contributed by atoms with Crippen molar-refractivity contribution in [2.75, 3.05) is 13.2 Å². The fourth-order valence-electron chi connectivity index (χ4n) is 1.85. The van der Waals surface area contributed by atoms with Gasteiger partial charge in [0.05, 0.1) is 11.1 Å². The molecule has 4 heteroatoms. The Bertz CT molecular complexity index is 588. The van der Waals surface area contributed by atoms with Crippen LogP contribution in [0.25, 0.3) is 10.8 Å². The Morgan fingerprint density at radius 1 is 0.944 bits per heavy atom. The lowest BCUT2D eigenvalue weighted by Crippen LogP contribution is -2.15. The average Bonchev–Trinajstić information content (AvgIpc) is 2.40. The van der Waals surface area contributed by atoms with Gasteiger partial charge in [0.1, 0.15) is 13.2 Å². The first-order chi connectivity index (χ1) is 8.74. The smallest absolute Gasteiger partial charge is 0.338 e. The van der Waals surface area contributed by atoms with E-state index < -0.39 is 11.9 Å². The minimum atomic E-state index is -0.461. The van der Waals surface area contributed by atoms with E-state index in [0.29, 0.717) is 11.1 Å². The largest absolute Gasteiger partial charge is 0.458 e. The molecule has 3 heterocycles. The van der Waals surface area contributed by atoms with Gasteiger partial charge in [-0.2, -0.15) is 0 Å². The van der Waals surface area contributed by atoms with E-state index in [9.17, 15) is 9.59 Å². The molecule has 1 radical (unpaired) electrons. The van der Waals surface area contributed by atoms with E-state index >= 15 is 0 Å². The van der Waals surface area contributed by atoms with Crippen LogP contribution in [-0.4, -0.2) is 25.2 Å². The van der Waals surface area contributed by atoms with Crippen LogP contribution in [0.2, 0.25) is 0 Å². The Morgan fingerprint density at radius 2 is 1.72 bits per heavy atom. The summed E-state index contributed by atoms with van der Waals surface area (Å²) in [5.74, 6) is -0.879. The van der Waals surface area contributed by atoms with Gasteiger partial charge in [0.15, 0.2) is 0 Å². The molecule has 5 rings (SSSR count). The minimum absolute atomic E-state index is 0.0481. The predicted octanol–water partition coefficient (Wildman–Crippen LogP) is 1.97. The zero-order valence-corrected chi connectivity index (χ0v) is 9.43. The topological polar surface area (TPSA) is 52.6 Å². The van der Waals surface area contributed by atoms with E-state index in [1.165, 1.54) is 0 Å². The number of benzene rings is 2. The quantitative estimate of drug-likeness (QED) is 0.662. The maximum absolute atomic E-state index is 11.7. The maximum atomic E-state index is 11.7. The molecule has 0 amide bonds. The summed E-state index contributed by atoms with van der Waals surface area (Å²) in [5.41, 5.74) is 0.859. The van der Waals surface area contributed by atoms with Crippen LogP contribution >= 0.6 is 0 Å². The zero-order valence-electron chi connectivity index (χ0n) is 9.43. The maximum Gasteiger partial charge on any atom is 0.338 e. The molecule has 0 spiro atoms. The van der Waals surface area contributed by atoms with Gasteiger partial charge in [-0.05, 0) is 29.0 Å². The van der Waals surface area contributed by atoms with Crippen LogP contribution in [0.4, 0.5) is 0 Å². The van der Waals surface area contributed by atoms with Crippen LogP contribution in [0.5, 0.6) is 0 Å². The molecule has 0 unspecified atom stereocenters. The van der Waals surface area contributed by atoms with Gasteiger partial charge in [0.2, 0.25) is 0 Å². The Morgan fingerprint density at radius 3 is 2.56 bits per heavy atom. The van der Waals surface area contributed by atoms with Gasteiger partial charge in [-0.15, -0.1) is 0 Å². The van der Waals surface area contributed by atoms with E-state index in [4.69, 9.17) is 9.47 Å². The molecule has 0 atom stereocenters. The van der Waals surface area contributed by atoms with E-state index in [1.54, 1.807) is 30.3 Å². The molecule has 89 valence electrons. The van der Waals surface area contributed by atoms with Crippen molar-refractivity contribution in [1.82, 2.24) is 0 Å². The summed E-state index contributed by atoms with van der Waals surface area (Å²) in [6.45, 7) is 0.102. The Kier molecular flexibility index (Phi) is 2.48. The van der Waals surface area contributed by atoms with Crippen LogP contribution in [0.3, 0.4) is 0 Å². The number of hydrogen-bond acceptors (Lipinski definition) is 4. The van der Waals surface area contributed by atoms with Crippen LogP contribution in [0, 0.1) is 6.07 Å². The minimum Gasteiger partial charge on any atom is -0.458 e. The van der Waals surface area contributed by atoms with Crippen LogP contribution in [-0.2, 0) is 9.47 Å². The molecule has 0 saturated carbocycles. The second kappa shape index (κ2) is 4.14. The summed E-state index contributed by atoms with van der Waals surface area (Å²) >= 11 is 0. The average molecular weight is 241 g/mol. The van der Waals surface area contributed by atoms with Gasteiger partial charge in [0, 0.05) is 6.07 Å². The molecule has 3 aliphatic heterocycles. The van der Waals surface area contributed by atoms with Gasteiger partial charge >= 0.3 is 11.9 Å². The van der Waals surface area contributed by atoms with Gasteiger partial charge in [-0.25, -0.2) is 9.59 Å². The van der Waals surface area contributed by atoms with Gasteiger partial charge < -0.3 is 9.47 Å². The van der Waals surface area contributed by atoms with Crippen LogP contribution in [0.15, 0.2) is 30.3 Å². The highest BCUT2D eigenvalue weighted by atomic mass is 16.6. The van der Waals surface area contributed by atoms with Crippen molar-refractivity contribution in [3.8, 4) is 0 Å². The third-order valence-electron chi connectivity index (χ3n) is 2.76. The Labute approximate surface area is 103 Å². The summed E-state index contributed by atoms with van der Waals surface area (Å²) in [6.07, 6.45) is 0. The number of ether oxygens (including phenoxy) is 2. The zero-order chi connectivity index (χ0) is 12.5. The first kappa shape index (κ1) is 10.8. The molecule has 4 bridgehead atoms. The van der Waals surface area contributed by atoms with Crippen molar-refractivity contribution < 1.29 is 19.1 Å². The lowest BCUT2D eigenvalue weighted by molar-refractivity contribution is 0.0265. The van der Waals surface area contributed by atoms with E-state index in [-0.39, 0.29) is 13.2 Å². The number of carbonyl (C=O) groups excluding carboxylic acids is 2. The van der Waals surface area contributed by atoms with Crippen LogP contribution < -0.4 is 0 Å². The summed E-state index contributed by atoms with van der Waals surface area (Å²) in [7, 11) is 0. The van der Waals surface area contributed by atoms with Crippen molar-refractivity contribution >= 4 is 22.7 Å². The molecule has 18 heavy (non-hydrogen) atoms. The molecule has 4 nitrogen and oxygen atoms in total. The van der Waals surface area contributed by atoms with Gasteiger partial charge in [-0.3, -0.25) is 0 Å².